The highest BCUT2D eigenvalue weighted by Crippen LogP contribution is 2.20. The van der Waals surface area contributed by atoms with E-state index in [-0.39, 0.29) is 23.7 Å². The Bertz CT molecular complexity index is 473. The molecule has 1 atom stereocenters. The monoisotopic (exact) mass is 365 g/mol. The molecule has 0 aromatic heterocycles. The largest absolute Gasteiger partial charge is 0.466 e. The summed E-state index contributed by atoms with van der Waals surface area (Å²) in [6.45, 7) is 5.12. The number of allylic oxidation sites excluding steroid dienone is 1. The molecule has 1 heterocycles. The minimum absolute atomic E-state index is 0.0668. The molecule has 1 saturated heterocycles. The van der Waals surface area contributed by atoms with Gasteiger partial charge in [-0.1, -0.05) is 32.3 Å². The van der Waals surface area contributed by atoms with Crippen LogP contribution in [0.15, 0.2) is 12.2 Å². The lowest BCUT2D eigenvalue weighted by Gasteiger charge is -2.22. The third kappa shape index (κ3) is 9.16. The summed E-state index contributed by atoms with van der Waals surface area (Å²) in [7, 11) is 0. The SMILES string of the molecule is CCCCCC(=O)/C=C/[C@@H]1CCCN1C(=O)CCCCCC(=O)OCC. The predicted octanol–water partition coefficient (Wildman–Crippen LogP) is 4.20. The van der Waals surface area contributed by atoms with Crippen molar-refractivity contribution in [2.24, 2.45) is 0 Å². The maximum Gasteiger partial charge on any atom is 0.305 e. The maximum absolute atomic E-state index is 12.4. The number of carbonyl (C=O) groups excluding carboxylic acids is 3. The van der Waals surface area contributed by atoms with E-state index in [1.165, 1.54) is 0 Å². The fraction of sp³-hybridized carbons (Fsp3) is 0.762. The number of ether oxygens (including phenoxy) is 1. The number of unbranched alkanes of at least 4 members (excludes halogenated alkanes) is 4. The topological polar surface area (TPSA) is 63.7 Å². The Balaban J connectivity index is 2.27. The Labute approximate surface area is 158 Å². The number of likely N-dealkylation sites (tertiary alicyclic amines) is 1. The summed E-state index contributed by atoms with van der Waals surface area (Å²) in [5, 5.41) is 0. The second kappa shape index (κ2) is 13.5. The highest BCUT2D eigenvalue weighted by molar-refractivity contribution is 5.89. The van der Waals surface area contributed by atoms with Gasteiger partial charge in [0.2, 0.25) is 5.91 Å². The number of nitrogens with zero attached hydrogens (tertiary/aromatic N) is 1. The normalized spacial score (nSPS) is 17.0. The standard InChI is InChI=1S/C21H35NO4/c1-3-5-7-12-19(23)16-15-18-11-10-17-22(18)20(24)13-8-6-9-14-21(25)26-4-2/h15-16,18H,3-14,17H2,1-2H3/b16-15+/t18-/m0/s1. The smallest absolute Gasteiger partial charge is 0.305 e. The highest BCUT2D eigenvalue weighted by Gasteiger charge is 2.26. The first-order chi connectivity index (χ1) is 12.6. The summed E-state index contributed by atoms with van der Waals surface area (Å²) in [6, 6.07) is 0.0668. The lowest BCUT2D eigenvalue weighted by atomic mass is 10.1. The Morgan fingerprint density at radius 1 is 1.00 bits per heavy atom. The van der Waals surface area contributed by atoms with Crippen LogP contribution in [0.1, 0.15) is 84.5 Å². The summed E-state index contributed by atoms with van der Waals surface area (Å²) in [6.07, 6.45) is 12.6. The van der Waals surface area contributed by atoms with Crippen molar-refractivity contribution in [1.82, 2.24) is 4.90 Å². The van der Waals surface area contributed by atoms with Crippen LogP contribution in [0.2, 0.25) is 0 Å². The van der Waals surface area contributed by atoms with Crippen molar-refractivity contribution in [3.05, 3.63) is 12.2 Å². The molecule has 0 N–H and O–H groups in total. The molecule has 1 rings (SSSR count). The Morgan fingerprint density at radius 2 is 1.73 bits per heavy atom. The van der Waals surface area contributed by atoms with Crippen LogP contribution < -0.4 is 0 Å². The van der Waals surface area contributed by atoms with Gasteiger partial charge < -0.3 is 9.64 Å². The van der Waals surface area contributed by atoms with Gasteiger partial charge in [-0.15, -0.1) is 0 Å². The van der Waals surface area contributed by atoms with Gasteiger partial charge in [-0.05, 0) is 45.1 Å². The summed E-state index contributed by atoms with van der Waals surface area (Å²) < 4.78 is 4.89. The van der Waals surface area contributed by atoms with Gasteiger partial charge in [-0.3, -0.25) is 14.4 Å². The number of amides is 1. The number of hydrogen-bond acceptors (Lipinski definition) is 4. The molecular formula is C21H35NO4. The number of ketones is 1. The van der Waals surface area contributed by atoms with Crippen molar-refractivity contribution in [1.29, 1.82) is 0 Å². The Hall–Kier alpha value is -1.65. The van der Waals surface area contributed by atoms with Gasteiger partial charge in [-0.2, -0.15) is 0 Å². The molecule has 0 aromatic carbocycles. The average molecular weight is 366 g/mol. The van der Waals surface area contributed by atoms with E-state index in [9.17, 15) is 14.4 Å². The van der Waals surface area contributed by atoms with Crippen LogP contribution in [-0.2, 0) is 19.1 Å². The number of rotatable bonds is 13. The van der Waals surface area contributed by atoms with E-state index < -0.39 is 0 Å². The molecule has 1 amide bonds. The summed E-state index contributed by atoms with van der Waals surface area (Å²) in [5.41, 5.74) is 0. The van der Waals surface area contributed by atoms with Crippen LogP contribution >= 0.6 is 0 Å². The molecule has 5 nitrogen and oxygen atoms in total. The molecule has 0 aromatic rings. The first-order valence-electron chi connectivity index (χ1n) is 10.2. The second-order valence-electron chi connectivity index (χ2n) is 6.94. The van der Waals surface area contributed by atoms with Crippen LogP contribution in [0.3, 0.4) is 0 Å². The molecule has 0 spiro atoms. The first-order valence-corrected chi connectivity index (χ1v) is 10.2. The molecule has 1 aliphatic heterocycles. The summed E-state index contributed by atoms with van der Waals surface area (Å²) in [4.78, 5) is 37.5. The van der Waals surface area contributed by atoms with Crippen LogP contribution in [0.4, 0.5) is 0 Å². The molecule has 1 aliphatic rings. The molecule has 0 unspecified atom stereocenters. The zero-order valence-corrected chi connectivity index (χ0v) is 16.5. The van der Waals surface area contributed by atoms with E-state index in [2.05, 4.69) is 6.92 Å². The molecule has 0 bridgehead atoms. The van der Waals surface area contributed by atoms with E-state index in [1.54, 1.807) is 13.0 Å². The lowest BCUT2D eigenvalue weighted by molar-refractivity contribution is -0.143. The molecular weight excluding hydrogens is 330 g/mol. The molecule has 0 saturated carbocycles. The van der Waals surface area contributed by atoms with Crippen LogP contribution in [-0.4, -0.2) is 41.8 Å². The van der Waals surface area contributed by atoms with Crippen molar-refractivity contribution in [2.45, 2.75) is 90.5 Å². The number of carbonyl (C=O) groups is 3. The predicted molar refractivity (Wildman–Crippen MR) is 103 cm³/mol. The molecule has 26 heavy (non-hydrogen) atoms. The van der Waals surface area contributed by atoms with E-state index in [0.717, 1.165) is 57.9 Å². The van der Waals surface area contributed by atoms with Gasteiger partial charge in [0.15, 0.2) is 5.78 Å². The minimum atomic E-state index is -0.160. The van der Waals surface area contributed by atoms with Crippen LogP contribution in [0.5, 0.6) is 0 Å². The molecule has 0 aliphatic carbocycles. The quantitative estimate of drug-likeness (QED) is 0.279. The van der Waals surface area contributed by atoms with Crippen LogP contribution in [0.25, 0.3) is 0 Å². The zero-order chi connectivity index (χ0) is 19.2. The summed E-state index contributed by atoms with van der Waals surface area (Å²) in [5.74, 6) is 0.163. The zero-order valence-electron chi connectivity index (χ0n) is 16.5. The molecule has 1 fully saturated rings. The number of esters is 1. The van der Waals surface area contributed by atoms with E-state index in [0.29, 0.717) is 25.9 Å². The second-order valence-corrected chi connectivity index (χ2v) is 6.94. The van der Waals surface area contributed by atoms with Crippen molar-refractivity contribution in [3.8, 4) is 0 Å². The van der Waals surface area contributed by atoms with Gasteiger partial charge in [0.1, 0.15) is 0 Å². The fourth-order valence-corrected chi connectivity index (χ4v) is 3.25. The first kappa shape index (κ1) is 22.4. The van der Waals surface area contributed by atoms with Gasteiger partial charge in [0, 0.05) is 25.8 Å². The fourth-order valence-electron chi connectivity index (χ4n) is 3.25. The Kier molecular flexibility index (Phi) is 11.7. The van der Waals surface area contributed by atoms with E-state index >= 15 is 0 Å². The van der Waals surface area contributed by atoms with Crippen molar-refractivity contribution >= 4 is 17.7 Å². The van der Waals surface area contributed by atoms with E-state index in [1.807, 2.05) is 11.0 Å². The average Bonchev–Trinajstić information content (AvgIpc) is 3.08. The van der Waals surface area contributed by atoms with Crippen molar-refractivity contribution in [3.63, 3.8) is 0 Å². The Morgan fingerprint density at radius 3 is 2.46 bits per heavy atom. The van der Waals surface area contributed by atoms with E-state index in [4.69, 9.17) is 4.74 Å². The van der Waals surface area contributed by atoms with Gasteiger partial charge in [-0.25, -0.2) is 0 Å². The van der Waals surface area contributed by atoms with Crippen LogP contribution in [0, 0.1) is 0 Å². The third-order valence-corrected chi connectivity index (χ3v) is 4.73. The highest BCUT2D eigenvalue weighted by atomic mass is 16.5. The lowest BCUT2D eigenvalue weighted by Crippen LogP contribution is -2.34. The number of hydrogen-bond donors (Lipinski definition) is 0. The summed E-state index contributed by atoms with van der Waals surface area (Å²) >= 11 is 0. The van der Waals surface area contributed by atoms with Crippen molar-refractivity contribution < 1.29 is 19.1 Å². The van der Waals surface area contributed by atoms with Gasteiger partial charge in [0.25, 0.3) is 0 Å². The van der Waals surface area contributed by atoms with Gasteiger partial charge in [0.05, 0.1) is 12.6 Å². The molecule has 148 valence electrons. The maximum atomic E-state index is 12.4. The minimum Gasteiger partial charge on any atom is -0.466 e. The molecule has 5 heteroatoms. The van der Waals surface area contributed by atoms with Crippen molar-refractivity contribution in [2.75, 3.05) is 13.2 Å². The molecule has 0 radical (unpaired) electrons. The third-order valence-electron chi connectivity index (χ3n) is 4.73. The van der Waals surface area contributed by atoms with Gasteiger partial charge >= 0.3 is 5.97 Å².